The van der Waals surface area contributed by atoms with Crippen molar-refractivity contribution in [2.24, 2.45) is 0 Å². The standard InChI is InChI=1S/C13H9F3N2O3/c14-13(15,16)21-9-3-1-2-7(4-9)11-10(12(19)20)5-8(17)6-18-11/h1-6H,17H2,(H,19,20). The summed E-state index contributed by atoms with van der Waals surface area (Å²) in [6.07, 6.45) is -3.61. The van der Waals surface area contributed by atoms with Gasteiger partial charge in [-0.1, -0.05) is 12.1 Å². The molecule has 0 unspecified atom stereocenters. The van der Waals surface area contributed by atoms with Gasteiger partial charge in [-0.05, 0) is 18.2 Å². The van der Waals surface area contributed by atoms with Gasteiger partial charge in [-0.25, -0.2) is 4.79 Å². The molecule has 0 saturated heterocycles. The number of ether oxygens (including phenoxy) is 1. The van der Waals surface area contributed by atoms with Crippen LogP contribution in [0.3, 0.4) is 0 Å². The Bertz CT molecular complexity index is 687. The highest BCUT2D eigenvalue weighted by Gasteiger charge is 2.31. The molecule has 0 atom stereocenters. The van der Waals surface area contributed by atoms with E-state index in [1.807, 2.05) is 0 Å². The number of nitrogen functional groups attached to an aromatic ring is 1. The van der Waals surface area contributed by atoms with Crippen LogP contribution >= 0.6 is 0 Å². The van der Waals surface area contributed by atoms with Gasteiger partial charge in [0, 0.05) is 5.56 Å². The minimum absolute atomic E-state index is 0.00400. The van der Waals surface area contributed by atoms with Crippen molar-refractivity contribution < 1.29 is 27.8 Å². The second-order valence-corrected chi connectivity index (χ2v) is 4.05. The number of alkyl halides is 3. The maximum absolute atomic E-state index is 12.2. The first-order valence-electron chi connectivity index (χ1n) is 5.61. The molecular weight excluding hydrogens is 289 g/mol. The lowest BCUT2D eigenvalue weighted by atomic mass is 10.1. The molecule has 3 N–H and O–H groups in total. The average molecular weight is 298 g/mol. The number of carboxylic acids is 1. The van der Waals surface area contributed by atoms with Crippen LogP contribution in [0.15, 0.2) is 36.5 Å². The van der Waals surface area contributed by atoms with Gasteiger partial charge in [0.05, 0.1) is 23.1 Å². The number of hydrogen-bond donors (Lipinski definition) is 2. The van der Waals surface area contributed by atoms with Crippen molar-refractivity contribution in [2.75, 3.05) is 5.73 Å². The Morgan fingerprint density at radius 1 is 1.29 bits per heavy atom. The van der Waals surface area contributed by atoms with E-state index < -0.39 is 18.1 Å². The molecule has 2 aromatic rings. The van der Waals surface area contributed by atoms with Gasteiger partial charge >= 0.3 is 12.3 Å². The number of nitrogens with two attached hydrogens (primary N) is 1. The molecule has 1 heterocycles. The summed E-state index contributed by atoms with van der Waals surface area (Å²) < 4.78 is 40.4. The molecule has 0 radical (unpaired) electrons. The maximum Gasteiger partial charge on any atom is 0.573 e. The largest absolute Gasteiger partial charge is 0.573 e. The second-order valence-electron chi connectivity index (χ2n) is 4.05. The monoisotopic (exact) mass is 298 g/mol. The maximum atomic E-state index is 12.2. The molecular formula is C13H9F3N2O3. The molecule has 5 nitrogen and oxygen atoms in total. The highest BCUT2D eigenvalue weighted by atomic mass is 19.4. The lowest BCUT2D eigenvalue weighted by Gasteiger charge is -2.11. The van der Waals surface area contributed by atoms with E-state index in [9.17, 15) is 18.0 Å². The number of halogens is 3. The molecule has 0 aliphatic heterocycles. The number of pyridine rings is 1. The van der Waals surface area contributed by atoms with Gasteiger partial charge in [-0.2, -0.15) is 0 Å². The molecule has 8 heteroatoms. The van der Waals surface area contributed by atoms with Gasteiger partial charge in [-0.3, -0.25) is 4.98 Å². The summed E-state index contributed by atoms with van der Waals surface area (Å²) in [7, 11) is 0. The van der Waals surface area contributed by atoms with E-state index in [1.165, 1.54) is 24.4 Å². The van der Waals surface area contributed by atoms with Gasteiger partial charge in [0.25, 0.3) is 0 Å². The van der Waals surface area contributed by atoms with E-state index in [0.29, 0.717) is 0 Å². The second kappa shape index (κ2) is 5.31. The highest BCUT2D eigenvalue weighted by molar-refractivity contribution is 5.95. The van der Waals surface area contributed by atoms with Crippen molar-refractivity contribution >= 4 is 11.7 Å². The van der Waals surface area contributed by atoms with Crippen molar-refractivity contribution in [3.05, 3.63) is 42.1 Å². The van der Waals surface area contributed by atoms with Crippen LogP contribution in [-0.2, 0) is 0 Å². The fourth-order valence-corrected chi connectivity index (χ4v) is 1.71. The average Bonchev–Trinajstić information content (AvgIpc) is 2.36. The molecule has 2 rings (SSSR count). The Kier molecular flexibility index (Phi) is 3.70. The Morgan fingerprint density at radius 3 is 2.62 bits per heavy atom. The third kappa shape index (κ3) is 3.62. The molecule has 0 saturated carbocycles. The predicted molar refractivity (Wildman–Crippen MR) is 67.7 cm³/mol. The number of carbonyl (C=O) groups is 1. The molecule has 0 aliphatic rings. The smallest absolute Gasteiger partial charge is 0.478 e. The molecule has 1 aromatic heterocycles. The van der Waals surface area contributed by atoms with Crippen LogP contribution in [-0.4, -0.2) is 22.4 Å². The zero-order valence-corrected chi connectivity index (χ0v) is 10.4. The van der Waals surface area contributed by atoms with Crippen LogP contribution in [0.1, 0.15) is 10.4 Å². The van der Waals surface area contributed by atoms with Gasteiger partial charge in [0.2, 0.25) is 0 Å². The summed E-state index contributed by atoms with van der Waals surface area (Å²) in [6.45, 7) is 0. The molecule has 110 valence electrons. The van der Waals surface area contributed by atoms with Crippen molar-refractivity contribution in [1.82, 2.24) is 4.98 Å². The molecule has 0 spiro atoms. The van der Waals surface area contributed by atoms with Crippen molar-refractivity contribution in [3.63, 3.8) is 0 Å². The molecule has 0 aliphatic carbocycles. The summed E-state index contributed by atoms with van der Waals surface area (Å²) in [6, 6.07) is 6.07. The zero-order chi connectivity index (χ0) is 15.6. The highest BCUT2D eigenvalue weighted by Crippen LogP contribution is 2.29. The Morgan fingerprint density at radius 2 is 2.00 bits per heavy atom. The third-order valence-electron chi connectivity index (χ3n) is 2.48. The Labute approximate surface area is 116 Å². The first kappa shape index (κ1) is 14.6. The molecule has 0 bridgehead atoms. The van der Waals surface area contributed by atoms with Crippen molar-refractivity contribution in [3.8, 4) is 17.0 Å². The van der Waals surface area contributed by atoms with E-state index in [2.05, 4.69) is 9.72 Å². The Balaban J connectivity index is 2.48. The lowest BCUT2D eigenvalue weighted by Crippen LogP contribution is -2.17. The summed E-state index contributed by atoms with van der Waals surface area (Å²) in [5.41, 5.74) is 5.57. The minimum Gasteiger partial charge on any atom is -0.478 e. The van der Waals surface area contributed by atoms with Crippen LogP contribution < -0.4 is 10.5 Å². The van der Waals surface area contributed by atoms with Crippen molar-refractivity contribution in [2.45, 2.75) is 6.36 Å². The zero-order valence-electron chi connectivity index (χ0n) is 10.4. The number of nitrogens with zero attached hydrogens (tertiary/aromatic N) is 1. The van der Waals surface area contributed by atoms with Crippen molar-refractivity contribution in [1.29, 1.82) is 0 Å². The molecule has 0 amide bonds. The van der Waals surface area contributed by atoms with Crippen LogP contribution in [0.4, 0.5) is 18.9 Å². The predicted octanol–water partition coefficient (Wildman–Crippen LogP) is 2.93. The number of rotatable bonds is 3. The van der Waals surface area contributed by atoms with E-state index in [0.717, 1.165) is 12.1 Å². The number of carboxylic acid groups (broad SMARTS) is 1. The van der Waals surface area contributed by atoms with Crippen LogP contribution in [0.2, 0.25) is 0 Å². The van der Waals surface area contributed by atoms with E-state index in [1.54, 1.807) is 0 Å². The number of aromatic nitrogens is 1. The third-order valence-corrected chi connectivity index (χ3v) is 2.48. The van der Waals surface area contributed by atoms with Gasteiger partial charge in [-0.15, -0.1) is 13.2 Å². The van der Waals surface area contributed by atoms with Crippen LogP contribution in [0.25, 0.3) is 11.3 Å². The number of benzene rings is 1. The summed E-state index contributed by atoms with van der Waals surface area (Å²) in [5, 5.41) is 9.10. The summed E-state index contributed by atoms with van der Waals surface area (Å²) >= 11 is 0. The summed E-state index contributed by atoms with van der Waals surface area (Å²) in [4.78, 5) is 15.0. The normalized spacial score (nSPS) is 11.2. The minimum atomic E-state index is -4.83. The molecule has 1 aromatic carbocycles. The van der Waals surface area contributed by atoms with E-state index in [-0.39, 0.29) is 22.5 Å². The molecule has 21 heavy (non-hydrogen) atoms. The number of aromatic carboxylic acids is 1. The first-order chi connectivity index (χ1) is 9.76. The topological polar surface area (TPSA) is 85.4 Å². The molecule has 0 fully saturated rings. The van der Waals surface area contributed by atoms with E-state index >= 15 is 0 Å². The fourth-order valence-electron chi connectivity index (χ4n) is 1.71. The van der Waals surface area contributed by atoms with E-state index in [4.69, 9.17) is 10.8 Å². The number of anilines is 1. The quantitative estimate of drug-likeness (QED) is 0.910. The van der Waals surface area contributed by atoms with Crippen LogP contribution in [0, 0.1) is 0 Å². The first-order valence-corrected chi connectivity index (χ1v) is 5.61. The summed E-state index contributed by atoms with van der Waals surface area (Å²) in [5.74, 6) is -1.75. The van der Waals surface area contributed by atoms with Gasteiger partial charge in [0.1, 0.15) is 5.75 Å². The Hall–Kier alpha value is -2.77. The SMILES string of the molecule is Nc1cnc(-c2cccc(OC(F)(F)F)c2)c(C(=O)O)c1. The van der Waals surface area contributed by atoms with Gasteiger partial charge in [0.15, 0.2) is 0 Å². The lowest BCUT2D eigenvalue weighted by molar-refractivity contribution is -0.274. The number of hydrogen-bond acceptors (Lipinski definition) is 4. The van der Waals surface area contributed by atoms with Crippen LogP contribution in [0.5, 0.6) is 5.75 Å². The fraction of sp³-hybridized carbons (Fsp3) is 0.0769. The van der Waals surface area contributed by atoms with Gasteiger partial charge < -0.3 is 15.6 Å².